The van der Waals surface area contributed by atoms with Gasteiger partial charge >= 0.3 is 5.69 Å². The molecule has 1 N–H and O–H groups in total. The maximum absolute atomic E-state index is 12.9. The normalized spacial score (nSPS) is 12.1. The average molecular weight is 483 g/mol. The average Bonchev–Trinajstić information content (AvgIpc) is 3.49. The van der Waals surface area contributed by atoms with E-state index in [-0.39, 0.29) is 24.4 Å². The molecule has 9 heteroatoms. The summed E-state index contributed by atoms with van der Waals surface area (Å²) in [5, 5.41) is 11.4. The van der Waals surface area contributed by atoms with Crippen molar-refractivity contribution in [1.29, 1.82) is 0 Å². The van der Waals surface area contributed by atoms with Crippen LogP contribution < -0.4 is 11.0 Å². The van der Waals surface area contributed by atoms with Crippen LogP contribution in [0.4, 0.5) is 0 Å². The van der Waals surface area contributed by atoms with Gasteiger partial charge in [-0.25, -0.2) is 13.9 Å². The minimum absolute atomic E-state index is 0.0422. The zero-order valence-corrected chi connectivity index (χ0v) is 20.1. The molecule has 0 fully saturated rings. The van der Waals surface area contributed by atoms with Gasteiger partial charge in [-0.3, -0.25) is 4.79 Å². The van der Waals surface area contributed by atoms with Gasteiger partial charge in [-0.05, 0) is 50.5 Å². The first kappa shape index (κ1) is 23.2. The predicted octanol–water partition coefficient (Wildman–Crippen LogP) is 3.66. The number of benzene rings is 2. The van der Waals surface area contributed by atoms with Gasteiger partial charge in [-0.2, -0.15) is 4.98 Å². The molecule has 5 aromatic rings. The van der Waals surface area contributed by atoms with Crippen LogP contribution in [0.2, 0.25) is 0 Å². The first-order valence-corrected chi connectivity index (χ1v) is 11.8. The van der Waals surface area contributed by atoms with E-state index in [0.717, 1.165) is 28.7 Å². The lowest BCUT2D eigenvalue weighted by molar-refractivity contribution is -0.122. The lowest BCUT2D eigenvalue weighted by Crippen LogP contribution is -2.37. The first-order chi connectivity index (χ1) is 17.5. The van der Waals surface area contributed by atoms with Crippen molar-refractivity contribution in [3.63, 3.8) is 0 Å². The molecule has 0 aliphatic heterocycles. The maximum atomic E-state index is 12.9. The molecule has 3 heterocycles. The second-order valence-electron chi connectivity index (χ2n) is 8.84. The fourth-order valence-corrected chi connectivity index (χ4v) is 4.10. The molecule has 0 spiro atoms. The molecule has 0 radical (unpaired) electrons. The highest BCUT2D eigenvalue weighted by atomic mass is 16.5. The van der Waals surface area contributed by atoms with Gasteiger partial charge in [0.25, 0.3) is 5.89 Å². The minimum Gasteiger partial charge on any atom is -0.352 e. The van der Waals surface area contributed by atoms with E-state index >= 15 is 0 Å². The molecule has 182 valence electrons. The van der Waals surface area contributed by atoms with Gasteiger partial charge in [0.1, 0.15) is 6.54 Å². The topological polar surface area (TPSA) is 107 Å². The largest absolute Gasteiger partial charge is 0.352 e. The van der Waals surface area contributed by atoms with Crippen molar-refractivity contribution in [3.05, 3.63) is 94.5 Å². The zero-order valence-electron chi connectivity index (χ0n) is 20.1. The molecule has 36 heavy (non-hydrogen) atoms. The van der Waals surface area contributed by atoms with Crippen molar-refractivity contribution in [1.82, 2.24) is 29.6 Å². The number of pyridine rings is 1. The van der Waals surface area contributed by atoms with Crippen molar-refractivity contribution in [3.8, 4) is 22.8 Å². The third-order valence-electron chi connectivity index (χ3n) is 5.95. The highest BCUT2D eigenvalue weighted by Gasteiger charge is 2.19. The van der Waals surface area contributed by atoms with Gasteiger partial charge in [-0.1, -0.05) is 59.3 Å². The lowest BCUT2D eigenvalue weighted by atomic mass is 10.1. The van der Waals surface area contributed by atoms with Crippen LogP contribution in [-0.4, -0.2) is 36.3 Å². The van der Waals surface area contributed by atoms with Crippen molar-refractivity contribution in [2.75, 3.05) is 0 Å². The fourth-order valence-electron chi connectivity index (χ4n) is 4.10. The van der Waals surface area contributed by atoms with Gasteiger partial charge in [-0.15, -0.1) is 5.10 Å². The van der Waals surface area contributed by atoms with Crippen LogP contribution >= 0.6 is 0 Å². The SMILES string of the molecule is Cc1cccc(-c2noc(-c3cccn4c(=O)n(CC(=O)N[C@H](C)CCc5ccccc5)nc34)n2)c1. The number of fused-ring (bicyclic) bond motifs is 1. The molecular formula is C27H26N6O3. The number of nitrogens with zero attached hydrogens (tertiary/aromatic N) is 5. The number of aromatic nitrogens is 5. The lowest BCUT2D eigenvalue weighted by Gasteiger charge is -2.13. The Balaban J connectivity index is 1.32. The Hall–Kier alpha value is -4.53. The predicted molar refractivity (Wildman–Crippen MR) is 135 cm³/mol. The van der Waals surface area contributed by atoms with Crippen LogP contribution in [0.5, 0.6) is 0 Å². The van der Waals surface area contributed by atoms with E-state index in [4.69, 9.17) is 4.52 Å². The van der Waals surface area contributed by atoms with Gasteiger partial charge in [0.05, 0.1) is 5.56 Å². The number of amides is 1. The standard InChI is InChI=1S/C27H26N6O3/c1-18-8-6-11-21(16-18)24-29-26(36-31-24)22-12-7-15-32-25(22)30-33(27(32)35)17-23(34)28-19(2)13-14-20-9-4-3-5-10-20/h3-12,15-16,19H,13-14,17H2,1-2H3,(H,28,34)/t19-/m1/s1. The highest BCUT2D eigenvalue weighted by molar-refractivity contribution is 5.76. The van der Waals surface area contributed by atoms with Crippen LogP contribution in [0, 0.1) is 6.92 Å². The smallest absolute Gasteiger partial charge is 0.350 e. The van der Waals surface area contributed by atoms with Crippen LogP contribution in [0.3, 0.4) is 0 Å². The van der Waals surface area contributed by atoms with Crippen molar-refractivity contribution < 1.29 is 9.32 Å². The molecule has 2 aromatic carbocycles. The summed E-state index contributed by atoms with van der Waals surface area (Å²) in [6.45, 7) is 3.76. The van der Waals surface area contributed by atoms with E-state index in [9.17, 15) is 9.59 Å². The molecule has 1 amide bonds. The number of carbonyl (C=O) groups excluding carboxylic acids is 1. The number of carbonyl (C=O) groups is 1. The summed E-state index contributed by atoms with van der Waals surface area (Å²) in [7, 11) is 0. The highest BCUT2D eigenvalue weighted by Crippen LogP contribution is 2.24. The Morgan fingerprint density at radius 3 is 2.72 bits per heavy atom. The Kier molecular flexibility index (Phi) is 6.44. The van der Waals surface area contributed by atoms with Gasteiger partial charge in [0, 0.05) is 17.8 Å². The third-order valence-corrected chi connectivity index (χ3v) is 5.95. The summed E-state index contributed by atoms with van der Waals surface area (Å²) in [6.07, 6.45) is 3.25. The Labute approximate surface area is 207 Å². The molecule has 0 bridgehead atoms. The summed E-state index contributed by atoms with van der Waals surface area (Å²) in [6, 6.07) is 21.3. The van der Waals surface area contributed by atoms with E-state index in [1.165, 1.54) is 9.96 Å². The maximum Gasteiger partial charge on any atom is 0.350 e. The molecule has 1 atom stereocenters. The quantitative estimate of drug-likeness (QED) is 0.362. The second kappa shape index (κ2) is 9.99. The number of hydrogen-bond donors (Lipinski definition) is 1. The van der Waals surface area contributed by atoms with Crippen molar-refractivity contribution in [2.24, 2.45) is 0 Å². The second-order valence-corrected chi connectivity index (χ2v) is 8.84. The zero-order chi connectivity index (χ0) is 25.1. The molecule has 3 aromatic heterocycles. The number of aryl methyl sites for hydroxylation is 2. The number of hydrogen-bond acceptors (Lipinski definition) is 6. The molecule has 0 aliphatic carbocycles. The summed E-state index contributed by atoms with van der Waals surface area (Å²) < 4.78 is 8.02. The Morgan fingerprint density at radius 1 is 1.08 bits per heavy atom. The van der Waals surface area contributed by atoms with Crippen LogP contribution in [-0.2, 0) is 17.8 Å². The first-order valence-electron chi connectivity index (χ1n) is 11.8. The molecule has 0 unspecified atom stereocenters. The monoisotopic (exact) mass is 482 g/mol. The molecule has 0 saturated heterocycles. The van der Waals surface area contributed by atoms with Crippen molar-refractivity contribution in [2.45, 2.75) is 39.3 Å². The van der Waals surface area contributed by atoms with Gasteiger partial charge < -0.3 is 9.84 Å². The summed E-state index contributed by atoms with van der Waals surface area (Å²) in [5.74, 6) is 0.414. The Morgan fingerprint density at radius 2 is 1.92 bits per heavy atom. The molecule has 0 aliphatic rings. The summed E-state index contributed by atoms with van der Waals surface area (Å²) in [5.41, 5.74) is 3.56. The van der Waals surface area contributed by atoms with Gasteiger partial charge in [0.2, 0.25) is 11.7 Å². The van der Waals surface area contributed by atoms with E-state index in [1.807, 2.05) is 56.3 Å². The fraction of sp³-hybridized carbons (Fsp3) is 0.222. The van der Waals surface area contributed by atoms with E-state index in [1.54, 1.807) is 18.3 Å². The van der Waals surface area contributed by atoms with Crippen molar-refractivity contribution >= 4 is 11.6 Å². The van der Waals surface area contributed by atoms with Crippen LogP contribution in [0.1, 0.15) is 24.5 Å². The van der Waals surface area contributed by atoms with E-state index in [2.05, 4.69) is 32.7 Å². The number of rotatable bonds is 8. The molecule has 9 nitrogen and oxygen atoms in total. The molecule has 0 saturated carbocycles. The molecule has 5 rings (SSSR count). The minimum atomic E-state index is -0.419. The van der Waals surface area contributed by atoms with Crippen LogP contribution in [0.15, 0.2) is 82.2 Å². The van der Waals surface area contributed by atoms with Crippen LogP contribution in [0.25, 0.3) is 28.5 Å². The third kappa shape index (κ3) is 4.95. The van der Waals surface area contributed by atoms with E-state index in [0.29, 0.717) is 17.0 Å². The van der Waals surface area contributed by atoms with E-state index < -0.39 is 5.69 Å². The number of nitrogens with one attached hydrogen (secondary N) is 1. The molecular weight excluding hydrogens is 456 g/mol. The Bertz CT molecular complexity index is 1570. The summed E-state index contributed by atoms with van der Waals surface area (Å²) >= 11 is 0. The van der Waals surface area contributed by atoms with Gasteiger partial charge in [0.15, 0.2) is 5.65 Å². The summed E-state index contributed by atoms with van der Waals surface area (Å²) in [4.78, 5) is 30.1.